The Morgan fingerprint density at radius 2 is 1.91 bits per heavy atom. The average molecular weight is 478 g/mol. The van der Waals surface area contributed by atoms with Gasteiger partial charge in [-0.25, -0.2) is 4.79 Å². The van der Waals surface area contributed by atoms with Gasteiger partial charge in [0.25, 0.3) is 11.5 Å². The molecule has 0 aliphatic carbocycles. The first-order valence-corrected chi connectivity index (χ1v) is 11.5. The van der Waals surface area contributed by atoms with E-state index in [2.05, 4.69) is 10.4 Å². The molecule has 1 amide bonds. The smallest absolute Gasteiger partial charge is 0.359 e. The van der Waals surface area contributed by atoms with Crippen LogP contribution in [0.4, 0.5) is 5.00 Å². The molecular weight excluding hydrogens is 454 g/mol. The number of rotatable bonds is 6. The molecule has 0 atom stereocenters. The van der Waals surface area contributed by atoms with Crippen molar-refractivity contribution < 1.29 is 19.1 Å². The molecule has 0 spiro atoms. The number of carbonyl (C=O) groups excluding carboxylic acids is 2. The highest BCUT2D eigenvalue weighted by Gasteiger charge is 2.23. The van der Waals surface area contributed by atoms with Gasteiger partial charge in [0.2, 0.25) is 0 Å². The molecule has 34 heavy (non-hydrogen) atoms. The molecule has 0 fully saturated rings. The van der Waals surface area contributed by atoms with Crippen LogP contribution >= 0.6 is 11.3 Å². The van der Waals surface area contributed by atoms with E-state index in [-0.39, 0.29) is 23.6 Å². The van der Waals surface area contributed by atoms with Crippen LogP contribution in [0.1, 0.15) is 38.9 Å². The molecule has 0 aliphatic rings. The second-order valence-electron chi connectivity index (χ2n) is 7.59. The second-order valence-corrected chi connectivity index (χ2v) is 8.47. The summed E-state index contributed by atoms with van der Waals surface area (Å²) < 4.78 is 11.6. The number of carbonyl (C=O) groups is 2. The minimum absolute atomic E-state index is 0.0119. The maximum absolute atomic E-state index is 13.5. The Bertz CT molecular complexity index is 1470. The van der Waals surface area contributed by atoms with Gasteiger partial charge in [-0.1, -0.05) is 12.1 Å². The van der Waals surface area contributed by atoms with E-state index in [0.717, 1.165) is 27.1 Å². The third-order valence-corrected chi connectivity index (χ3v) is 6.31. The number of hydrogen-bond acceptors (Lipinski definition) is 7. The van der Waals surface area contributed by atoms with Gasteiger partial charge in [-0.15, -0.1) is 11.3 Å². The third-order valence-electron chi connectivity index (χ3n) is 5.42. The Hall–Kier alpha value is -3.98. The number of hydrogen-bond donors (Lipinski definition) is 1. The molecule has 9 heteroatoms. The van der Waals surface area contributed by atoms with Gasteiger partial charge in [-0.05, 0) is 56.2 Å². The Morgan fingerprint density at radius 1 is 1.12 bits per heavy atom. The van der Waals surface area contributed by atoms with Crippen LogP contribution in [0.2, 0.25) is 0 Å². The van der Waals surface area contributed by atoms with Crippen LogP contribution in [0.15, 0.2) is 52.6 Å². The third kappa shape index (κ3) is 4.29. The summed E-state index contributed by atoms with van der Waals surface area (Å²) >= 11 is 1.15. The lowest BCUT2D eigenvalue weighted by Crippen LogP contribution is -2.25. The van der Waals surface area contributed by atoms with E-state index < -0.39 is 11.5 Å². The monoisotopic (exact) mass is 477 g/mol. The molecule has 0 unspecified atom stereocenters. The van der Waals surface area contributed by atoms with Crippen molar-refractivity contribution in [3.63, 3.8) is 0 Å². The van der Waals surface area contributed by atoms with Crippen molar-refractivity contribution in [2.45, 2.75) is 20.8 Å². The fourth-order valence-corrected chi connectivity index (χ4v) is 4.40. The number of thiophene rings is 1. The van der Waals surface area contributed by atoms with E-state index in [1.165, 1.54) is 7.11 Å². The average Bonchev–Trinajstić information content (AvgIpc) is 3.25. The van der Waals surface area contributed by atoms with E-state index >= 15 is 0 Å². The molecule has 2 heterocycles. The van der Waals surface area contributed by atoms with Crippen molar-refractivity contribution in [3.05, 3.63) is 80.6 Å². The topological polar surface area (TPSA) is 99.5 Å². The van der Waals surface area contributed by atoms with Gasteiger partial charge in [-0.3, -0.25) is 9.59 Å². The highest BCUT2D eigenvalue weighted by Crippen LogP contribution is 2.31. The Labute approximate surface area is 199 Å². The Kier molecular flexibility index (Phi) is 6.47. The van der Waals surface area contributed by atoms with Crippen molar-refractivity contribution in [1.82, 2.24) is 9.78 Å². The van der Waals surface area contributed by atoms with Crippen LogP contribution in [0.5, 0.6) is 5.75 Å². The van der Waals surface area contributed by atoms with Gasteiger partial charge in [-0.2, -0.15) is 9.78 Å². The lowest BCUT2D eigenvalue weighted by Gasteiger charge is -2.11. The fourth-order valence-electron chi connectivity index (χ4n) is 3.47. The van der Waals surface area contributed by atoms with Gasteiger partial charge in [0.15, 0.2) is 5.69 Å². The van der Waals surface area contributed by atoms with Gasteiger partial charge in [0.05, 0.1) is 24.8 Å². The Morgan fingerprint density at radius 3 is 2.62 bits per heavy atom. The zero-order chi connectivity index (χ0) is 24.4. The molecule has 174 valence electrons. The van der Waals surface area contributed by atoms with Crippen molar-refractivity contribution in [2.24, 2.45) is 0 Å². The number of amides is 1. The lowest BCUT2D eigenvalue weighted by atomic mass is 10.1. The summed E-state index contributed by atoms with van der Waals surface area (Å²) in [4.78, 5) is 39.2. The van der Waals surface area contributed by atoms with Gasteiger partial charge < -0.3 is 14.8 Å². The molecule has 0 aliphatic heterocycles. The molecule has 2 aromatic carbocycles. The number of esters is 1. The zero-order valence-corrected chi connectivity index (χ0v) is 20.0. The minimum atomic E-state index is -0.658. The second kappa shape index (κ2) is 9.48. The van der Waals surface area contributed by atoms with Gasteiger partial charge in [0.1, 0.15) is 10.8 Å². The number of aryl methyl sites for hydroxylation is 2. The van der Waals surface area contributed by atoms with Crippen molar-refractivity contribution in [1.29, 1.82) is 0 Å². The van der Waals surface area contributed by atoms with Crippen LogP contribution in [0.25, 0.3) is 16.5 Å². The number of aromatic nitrogens is 2. The molecule has 4 rings (SSSR count). The number of fused-ring (bicyclic) bond motifs is 1. The van der Waals surface area contributed by atoms with E-state index in [4.69, 9.17) is 9.47 Å². The minimum Gasteiger partial charge on any atom is -0.497 e. The molecule has 0 bridgehead atoms. The van der Waals surface area contributed by atoms with Crippen LogP contribution < -0.4 is 15.6 Å². The molecule has 0 radical (unpaired) electrons. The summed E-state index contributed by atoms with van der Waals surface area (Å²) in [6.45, 7) is 5.74. The van der Waals surface area contributed by atoms with Crippen molar-refractivity contribution >= 4 is 39.0 Å². The summed E-state index contributed by atoms with van der Waals surface area (Å²) in [5, 5.41) is 9.59. The fraction of sp³-hybridized carbons (Fsp3) is 0.200. The summed E-state index contributed by atoms with van der Waals surface area (Å²) in [7, 11) is 1.52. The van der Waals surface area contributed by atoms with E-state index in [1.807, 2.05) is 19.9 Å². The van der Waals surface area contributed by atoms with Crippen LogP contribution in [-0.2, 0) is 4.74 Å². The normalized spacial score (nSPS) is 10.8. The maximum atomic E-state index is 13.5. The van der Waals surface area contributed by atoms with Crippen LogP contribution in [0, 0.1) is 13.8 Å². The first-order chi connectivity index (χ1) is 16.3. The number of methoxy groups -OCH3 is 1. The number of nitrogens with one attached hydrogen (secondary N) is 1. The molecule has 4 aromatic rings. The Balaban J connectivity index is 1.88. The first-order valence-electron chi connectivity index (χ1n) is 10.6. The van der Waals surface area contributed by atoms with E-state index in [0.29, 0.717) is 27.4 Å². The summed E-state index contributed by atoms with van der Waals surface area (Å²) in [5.41, 5.74) is 2.45. The predicted octanol–water partition coefficient (Wildman–Crippen LogP) is 4.50. The summed E-state index contributed by atoms with van der Waals surface area (Å²) in [6, 6.07) is 12.2. The molecule has 2 aromatic heterocycles. The number of benzene rings is 2. The van der Waals surface area contributed by atoms with E-state index in [9.17, 15) is 14.4 Å². The molecule has 1 N–H and O–H groups in total. The van der Waals surface area contributed by atoms with Crippen molar-refractivity contribution in [2.75, 3.05) is 19.0 Å². The largest absolute Gasteiger partial charge is 0.497 e. The first kappa shape index (κ1) is 23.2. The van der Waals surface area contributed by atoms with E-state index in [1.54, 1.807) is 48.7 Å². The maximum Gasteiger partial charge on any atom is 0.359 e. The molecular formula is C25H23N3O5S. The number of ether oxygens (including phenoxy) is 2. The quantitative estimate of drug-likeness (QED) is 0.411. The summed E-state index contributed by atoms with van der Waals surface area (Å²) in [5.74, 6) is -0.486. The van der Waals surface area contributed by atoms with Crippen LogP contribution in [-0.4, -0.2) is 35.4 Å². The van der Waals surface area contributed by atoms with Crippen molar-refractivity contribution in [3.8, 4) is 11.4 Å². The summed E-state index contributed by atoms with van der Waals surface area (Å²) in [6.07, 6.45) is 0. The highest BCUT2D eigenvalue weighted by atomic mass is 32.1. The number of anilines is 1. The predicted molar refractivity (Wildman–Crippen MR) is 132 cm³/mol. The highest BCUT2D eigenvalue weighted by molar-refractivity contribution is 7.16. The number of nitrogens with zero attached hydrogens (tertiary/aromatic N) is 2. The zero-order valence-electron chi connectivity index (χ0n) is 19.2. The molecule has 0 saturated carbocycles. The molecule has 0 saturated heterocycles. The lowest BCUT2D eigenvalue weighted by molar-refractivity contribution is 0.0520. The SMILES string of the molecule is CCOC(=O)c1nn(-c2cccc(OC)c2)c(=O)c2c(NC(=O)c3ccc(C)c(C)c3)scc12. The standard InChI is InChI=1S/C25H23N3O5S/c1-5-33-25(31)21-19-13-34-23(26-22(29)16-10-9-14(2)15(3)11-16)20(19)24(30)28(27-21)17-7-6-8-18(12-17)32-4/h6-13H,5H2,1-4H3,(H,26,29). The van der Waals surface area contributed by atoms with Gasteiger partial charge in [0, 0.05) is 22.4 Å². The van der Waals surface area contributed by atoms with Gasteiger partial charge >= 0.3 is 5.97 Å². The van der Waals surface area contributed by atoms with Crippen LogP contribution in [0.3, 0.4) is 0 Å². The molecule has 8 nitrogen and oxygen atoms in total.